The van der Waals surface area contributed by atoms with Crippen molar-refractivity contribution in [3.05, 3.63) is 70.6 Å². The molecule has 3 rings (SSSR count). The van der Waals surface area contributed by atoms with E-state index in [-0.39, 0.29) is 5.54 Å². The molecule has 0 saturated heterocycles. The third-order valence-corrected chi connectivity index (χ3v) is 5.60. The second-order valence-corrected chi connectivity index (χ2v) is 6.98. The molecule has 23 heavy (non-hydrogen) atoms. The van der Waals surface area contributed by atoms with Gasteiger partial charge in [-0.1, -0.05) is 81.4 Å². The van der Waals surface area contributed by atoms with E-state index in [1.165, 1.54) is 21.7 Å². The maximum atomic E-state index is 2.62. The summed E-state index contributed by atoms with van der Waals surface area (Å²) in [6.07, 6.45) is 3.51. The van der Waals surface area contributed by atoms with Gasteiger partial charge in [0.05, 0.1) is 5.70 Å². The van der Waals surface area contributed by atoms with Crippen molar-refractivity contribution in [2.45, 2.75) is 39.7 Å². The Hall–Kier alpha value is -2.02. The van der Waals surface area contributed by atoms with Crippen molar-refractivity contribution in [2.24, 2.45) is 5.92 Å². The fraction of sp³-hybridized carbons (Fsp3) is 0.364. The number of nitrogens with zero attached hydrogens (tertiary/aromatic N) is 1. The molecule has 1 nitrogen and oxygen atoms in total. The molecule has 1 aliphatic rings. The molecule has 0 aliphatic carbocycles. The monoisotopic (exact) mass is 305 g/mol. The summed E-state index contributed by atoms with van der Waals surface area (Å²) in [4.78, 5) is 2.62. The lowest BCUT2D eigenvalue weighted by Crippen LogP contribution is -2.53. The Morgan fingerprint density at radius 1 is 1.00 bits per heavy atom. The lowest BCUT2D eigenvalue weighted by molar-refractivity contribution is 0.129. The predicted octanol–water partition coefficient (Wildman–Crippen LogP) is 3.76. The van der Waals surface area contributed by atoms with Gasteiger partial charge in [0.15, 0.2) is 0 Å². The van der Waals surface area contributed by atoms with E-state index >= 15 is 0 Å². The fourth-order valence-electron chi connectivity index (χ4n) is 3.60. The molecule has 1 heteroatoms. The minimum atomic E-state index is 0.148. The van der Waals surface area contributed by atoms with Crippen molar-refractivity contribution in [1.29, 1.82) is 0 Å². The molecule has 1 aliphatic heterocycles. The molecule has 2 aromatic carbocycles. The molecule has 0 spiro atoms. The third-order valence-electron chi connectivity index (χ3n) is 5.60. The molecule has 0 amide bonds. The second kappa shape index (κ2) is 6.23. The van der Waals surface area contributed by atoms with E-state index in [0.717, 1.165) is 13.0 Å². The molecule has 0 unspecified atom stereocenters. The van der Waals surface area contributed by atoms with Crippen LogP contribution in [0.4, 0.5) is 0 Å². The summed E-state index contributed by atoms with van der Waals surface area (Å²) in [5.41, 5.74) is 2.84. The van der Waals surface area contributed by atoms with Gasteiger partial charge in [-0.2, -0.15) is 0 Å². The van der Waals surface area contributed by atoms with Crippen LogP contribution in [0.5, 0.6) is 0 Å². The smallest absolute Gasteiger partial charge is 0.0526 e. The highest BCUT2D eigenvalue weighted by molar-refractivity contribution is 5.67. The molecule has 0 radical (unpaired) electrons. The molecule has 120 valence electrons. The van der Waals surface area contributed by atoms with Gasteiger partial charge in [0.1, 0.15) is 0 Å². The zero-order valence-corrected chi connectivity index (χ0v) is 14.7. The van der Waals surface area contributed by atoms with Crippen molar-refractivity contribution in [3.63, 3.8) is 0 Å². The number of rotatable bonds is 4. The van der Waals surface area contributed by atoms with Gasteiger partial charge >= 0.3 is 0 Å². The first-order valence-electron chi connectivity index (χ1n) is 8.70. The van der Waals surface area contributed by atoms with Crippen LogP contribution in [-0.2, 0) is 0 Å². The molecule has 0 bridgehead atoms. The average Bonchev–Trinajstić information content (AvgIpc) is 2.60. The Morgan fingerprint density at radius 3 is 2.30 bits per heavy atom. The Labute approximate surface area is 140 Å². The van der Waals surface area contributed by atoms with Crippen LogP contribution < -0.4 is 10.4 Å². The molecular weight excluding hydrogens is 278 g/mol. The van der Waals surface area contributed by atoms with E-state index < -0.39 is 0 Å². The summed E-state index contributed by atoms with van der Waals surface area (Å²) in [5, 5.41) is 2.70. The molecule has 0 saturated carbocycles. The Bertz CT molecular complexity index is 788. The van der Waals surface area contributed by atoms with Crippen LogP contribution >= 0.6 is 0 Å². The van der Waals surface area contributed by atoms with Crippen molar-refractivity contribution < 1.29 is 0 Å². The van der Waals surface area contributed by atoms with Crippen LogP contribution in [0.1, 0.15) is 39.7 Å². The standard InChI is InChI=1S/C22H27N/c1-5-22(4,17(2)3)23-16-15-18-11-9-10-14-20(18)21(23)19-12-7-6-8-13-19/h6-15,17H,5,16H2,1-4H3/t22-/m1/s1. The van der Waals surface area contributed by atoms with E-state index in [1.807, 2.05) is 0 Å². The van der Waals surface area contributed by atoms with Gasteiger partial charge < -0.3 is 4.90 Å². The van der Waals surface area contributed by atoms with Crippen molar-refractivity contribution in [3.8, 4) is 0 Å². The van der Waals surface area contributed by atoms with Crippen LogP contribution in [0.25, 0.3) is 11.8 Å². The summed E-state index contributed by atoms with van der Waals surface area (Å²) in [6, 6.07) is 19.6. The molecule has 1 heterocycles. The highest BCUT2D eigenvalue weighted by Gasteiger charge is 2.35. The maximum Gasteiger partial charge on any atom is 0.0526 e. The quantitative estimate of drug-likeness (QED) is 0.831. The van der Waals surface area contributed by atoms with Crippen molar-refractivity contribution in [1.82, 2.24) is 4.90 Å². The molecule has 2 aromatic rings. The Morgan fingerprint density at radius 2 is 1.65 bits per heavy atom. The highest BCUT2D eigenvalue weighted by atomic mass is 15.2. The van der Waals surface area contributed by atoms with E-state index in [9.17, 15) is 0 Å². The zero-order valence-electron chi connectivity index (χ0n) is 14.7. The number of hydrogen-bond acceptors (Lipinski definition) is 1. The van der Waals surface area contributed by atoms with Crippen LogP contribution in [0.3, 0.4) is 0 Å². The lowest BCUT2D eigenvalue weighted by Gasteiger charge is -2.47. The summed E-state index contributed by atoms with van der Waals surface area (Å²) >= 11 is 0. The minimum Gasteiger partial charge on any atom is -0.361 e. The minimum absolute atomic E-state index is 0.148. The van der Waals surface area contributed by atoms with E-state index in [2.05, 4.69) is 93.3 Å². The van der Waals surface area contributed by atoms with Gasteiger partial charge in [0.25, 0.3) is 0 Å². The topological polar surface area (TPSA) is 3.24 Å². The van der Waals surface area contributed by atoms with Gasteiger partial charge in [-0.25, -0.2) is 0 Å². The third kappa shape index (κ3) is 2.69. The van der Waals surface area contributed by atoms with Gasteiger partial charge in [0, 0.05) is 17.3 Å². The first-order chi connectivity index (χ1) is 11.1. The number of benzene rings is 2. The molecule has 0 N–H and O–H groups in total. The van der Waals surface area contributed by atoms with Crippen LogP contribution in [0, 0.1) is 5.92 Å². The molecule has 1 atom stereocenters. The SMILES string of the molecule is CC[C@](C)(C(C)C)N1CC=c2ccccc2=C1c1ccccc1. The Balaban J connectivity index is 2.30. The lowest BCUT2D eigenvalue weighted by atomic mass is 9.82. The van der Waals surface area contributed by atoms with Gasteiger partial charge in [-0.15, -0.1) is 0 Å². The van der Waals surface area contributed by atoms with Crippen molar-refractivity contribution >= 4 is 11.8 Å². The highest BCUT2D eigenvalue weighted by Crippen LogP contribution is 2.34. The summed E-state index contributed by atoms with van der Waals surface area (Å²) in [6.45, 7) is 10.4. The van der Waals surface area contributed by atoms with Crippen LogP contribution in [0.2, 0.25) is 0 Å². The van der Waals surface area contributed by atoms with Gasteiger partial charge in [0.2, 0.25) is 0 Å². The maximum absolute atomic E-state index is 2.62. The predicted molar refractivity (Wildman–Crippen MR) is 99.3 cm³/mol. The number of fused-ring (bicyclic) bond motifs is 1. The first-order valence-corrected chi connectivity index (χ1v) is 8.70. The van der Waals surface area contributed by atoms with E-state index in [0.29, 0.717) is 5.92 Å². The fourth-order valence-corrected chi connectivity index (χ4v) is 3.60. The molecule has 0 fully saturated rings. The van der Waals surface area contributed by atoms with Gasteiger partial charge in [-0.3, -0.25) is 0 Å². The van der Waals surface area contributed by atoms with Crippen LogP contribution in [-0.4, -0.2) is 17.0 Å². The molecule has 0 aromatic heterocycles. The summed E-state index contributed by atoms with van der Waals surface area (Å²) in [5.74, 6) is 0.588. The number of hydrogen-bond donors (Lipinski definition) is 0. The molecular formula is C22H27N. The largest absolute Gasteiger partial charge is 0.361 e. The van der Waals surface area contributed by atoms with Gasteiger partial charge in [-0.05, 0) is 30.0 Å². The Kier molecular flexibility index (Phi) is 4.30. The van der Waals surface area contributed by atoms with E-state index in [4.69, 9.17) is 0 Å². The zero-order chi connectivity index (χ0) is 16.4. The van der Waals surface area contributed by atoms with Crippen molar-refractivity contribution in [2.75, 3.05) is 6.54 Å². The van der Waals surface area contributed by atoms with E-state index in [1.54, 1.807) is 0 Å². The second-order valence-electron chi connectivity index (χ2n) is 6.98. The summed E-state index contributed by atoms with van der Waals surface area (Å²) in [7, 11) is 0. The normalized spacial score (nSPS) is 16.7. The average molecular weight is 305 g/mol. The summed E-state index contributed by atoms with van der Waals surface area (Å²) < 4.78 is 0. The first kappa shape index (κ1) is 15.9. The van der Waals surface area contributed by atoms with Crippen LogP contribution in [0.15, 0.2) is 54.6 Å².